The molecule has 0 saturated heterocycles. The van der Waals surface area contributed by atoms with E-state index < -0.39 is 35.2 Å². The summed E-state index contributed by atoms with van der Waals surface area (Å²) < 4.78 is 3.78. The molecule has 1 atom stereocenters. The fraction of sp³-hybridized carbons (Fsp3) is 0.750. The van der Waals surface area contributed by atoms with Gasteiger partial charge in [0.25, 0.3) is 0 Å². The van der Waals surface area contributed by atoms with Gasteiger partial charge in [-0.25, -0.2) is 0 Å². The number of alkyl halides is 3. The van der Waals surface area contributed by atoms with Gasteiger partial charge in [0.2, 0.25) is 0 Å². The summed E-state index contributed by atoms with van der Waals surface area (Å²) in [4.78, 5) is 21.0. The number of carbonyl (C=O) groups is 2. The standard InChI is InChI=1S/C7H12O5.CHCl3/c1-2-12-7(11)5(4-8)3-6(9)10;2-1(3)4/h5,8H,2-4H2,1H3,(H,9,10);1H. The Morgan fingerprint density at radius 2 is 1.75 bits per heavy atom. The van der Waals surface area contributed by atoms with E-state index in [-0.39, 0.29) is 6.61 Å². The molecule has 0 aliphatic carbocycles. The van der Waals surface area contributed by atoms with Gasteiger partial charge < -0.3 is 14.9 Å². The lowest BCUT2D eigenvalue weighted by Crippen LogP contribution is -2.24. The number of carboxylic acids is 1. The molecule has 96 valence electrons. The molecule has 16 heavy (non-hydrogen) atoms. The number of aliphatic carboxylic acids is 1. The van der Waals surface area contributed by atoms with Crippen molar-refractivity contribution in [3.63, 3.8) is 0 Å². The van der Waals surface area contributed by atoms with E-state index in [1.165, 1.54) is 0 Å². The van der Waals surface area contributed by atoms with Crippen molar-refractivity contribution in [3.05, 3.63) is 0 Å². The number of carbonyl (C=O) groups excluding carboxylic acids is 1. The molecule has 8 heteroatoms. The molecule has 0 bridgehead atoms. The maximum atomic E-state index is 10.9. The summed E-state index contributed by atoms with van der Waals surface area (Å²) in [6.07, 6.45) is -0.394. The molecular weight excluding hydrogens is 282 g/mol. The molecule has 0 amide bonds. The van der Waals surface area contributed by atoms with Crippen molar-refractivity contribution >= 4 is 46.7 Å². The topological polar surface area (TPSA) is 83.8 Å². The highest BCUT2D eigenvalue weighted by molar-refractivity contribution is 6.63. The van der Waals surface area contributed by atoms with Gasteiger partial charge in [-0.1, -0.05) is 34.8 Å². The van der Waals surface area contributed by atoms with Gasteiger partial charge in [0.15, 0.2) is 4.30 Å². The minimum atomic E-state index is -1.12. The van der Waals surface area contributed by atoms with Crippen LogP contribution in [0.15, 0.2) is 0 Å². The van der Waals surface area contributed by atoms with Gasteiger partial charge >= 0.3 is 11.9 Å². The van der Waals surface area contributed by atoms with Gasteiger partial charge in [-0.15, -0.1) is 0 Å². The Bertz CT molecular complexity index is 207. The zero-order chi connectivity index (χ0) is 13.1. The molecule has 0 aromatic rings. The number of hydrogen-bond acceptors (Lipinski definition) is 4. The number of aliphatic hydroxyl groups excluding tert-OH is 1. The summed E-state index contributed by atoms with van der Waals surface area (Å²) in [6.45, 7) is 1.31. The van der Waals surface area contributed by atoms with Crippen LogP contribution in [0.3, 0.4) is 0 Å². The second kappa shape index (κ2) is 11.3. The van der Waals surface area contributed by atoms with E-state index in [2.05, 4.69) is 4.74 Å². The van der Waals surface area contributed by atoms with E-state index in [1.807, 2.05) is 0 Å². The first-order valence-electron chi connectivity index (χ1n) is 4.26. The number of carboxylic acid groups (broad SMARTS) is 1. The van der Waals surface area contributed by atoms with Crippen LogP contribution in [0.4, 0.5) is 0 Å². The monoisotopic (exact) mass is 294 g/mol. The first kappa shape index (κ1) is 18.1. The predicted octanol–water partition coefficient (Wildman–Crippen LogP) is 1.62. The maximum Gasteiger partial charge on any atom is 0.311 e. The molecule has 5 nitrogen and oxygen atoms in total. The summed E-state index contributed by atoms with van der Waals surface area (Å²) in [5, 5.41) is 16.9. The molecule has 0 aromatic carbocycles. The van der Waals surface area contributed by atoms with Crippen molar-refractivity contribution in [2.24, 2.45) is 5.92 Å². The third-order valence-electron chi connectivity index (χ3n) is 1.26. The van der Waals surface area contributed by atoms with Gasteiger partial charge in [0.1, 0.15) is 0 Å². The lowest BCUT2D eigenvalue weighted by molar-refractivity contribution is -0.154. The summed E-state index contributed by atoms with van der Waals surface area (Å²) in [5.74, 6) is -2.73. The van der Waals surface area contributed by atoms with Gasteiger partial charge in [-0.3, -0.25) is 9.59 Å². The van der Waals surface area contributed by atoms with E-state index >= 15 is 0 Å². The molecule has 0 aromatic heterocycles. The van der Waals surface area contributed by atoms with E-state index in [9.17, 15) is 9.59 Å². The van der Waals surface area contributed by atoms with Gasteiger partial charge in [-0.2, -0.15) is 0 Å². The van der Waals surface area contributed by atoms with E-state index in [0.717, 1.165) is 0 Å². The predicted molar refractivity (Wildman–Crippen MR) is 60.8 cm³/mol. The molecule has 1 unspecified atom stereocenters. The molecule has 0 spiro atoms. The Kier molecular flexibility index (Phi) is 12.8. The molecular formula is C8H13Cl3O5. The average molecular weight is 296 g/mol. The summed E-state index contributed by atoms with van der Waals surface area (Å²) in [5.41, 5.74) is 0. The third kappa shape index (κ3) is 13.8. The lowest BCUT2D eigenvalue weighted by atomic mass is 10.1. The Morgan fingerprint density at radius 1 is 1.31 bits per heavy atom. The zero-order valence-electron chi connectivity index (χ0n) is 8.53. The van der Waals surface area contributed by atoms with Crippen LogP contribution < -0.4 is 0 Å². The van der Waals surface area contributed by atoms with Crippen molar-refractivity contribution in [2.75, 3.05) is 13.2 Å². The molecule has 2 N–H and O–H groups in total. The van der Waals surface area contributed by atoms with Crippen molar-refractivity contribution in [1.29, 1.82) is 0 Å². The number of halogens is 3. The summed E-state index contributed by atoms with van der Waals surface area (Å²) in [7, 11) is 0. The van der Waals surface area contributed by atoms with Crippen LogP contribution in [-0.2, 0) is 14.3 Å². The first-order valence-corrected chi connectivity index (χ1v) is 5.57. The Balaban J connectivity index is 0. The highest BCUT2D eigenvalue weighted by atomic mass is 35.6. The Hall–Kier alpha value is -0.230. The van der Waals surface area contributed by atoms with Crippen LogP contribution in [-0.4, -0.2) is 39.7 Å². The lowest BCUT2D eigenvalue weighted by Gasteiger charge is -2.09. The maximum absolute atomic E-state index is 10.9. The number of aliphatic hydroxyl groups is 1. The quantitative estimate of drug-likeness (QED) is 0.595. The van der Waals surface area contributed by atoms with Gasteiger partial charge in [-0.05, 0) is 6.92 Å². The molecule has 0 rings (SSSR count). The second-order valence-electron chi connectivity index (χ2n) is 2.48. The molecule has 0 heterocycles. The number of hydrogen-bond donors (Lipinski definition) is 2. The largest absolute Gasteiger partial charge is 0.481 e. The van der Waals surface area contributed by atoms with E-state index in [4.69, 9.17) is 45.0 Å². The van der Waals surface area contributed by atoms with Crippen LogP contribution in [0.1, 0.15) is 13.3 Å². The first-order chi connectivity index (χ1) is 7.34. The molecule has 0 saturated carbocycles. The number of rotatable bonds is 5. The normalized spacial score (nSPS) is 11.4. The van der Waals surface area contributed by atoms with Gasteiger partial charge in [0, 0.05) is 0 Å². The molecule has 0 aliphatic rings. The fourth-order valence-electron chi connectivity index (χ4n) is 0.693. The second-order valence-corrected chi connectivity index (χ2v) is 4.46. The summed E-state index contributed by atoms with van der Waals surface area (Å²) >= 11 is 14.4. The Labute approximate surface area is 108 Å². The van der Waals surface area contributed by atoms with Crippen molar-refractivity contribution in [2.45, 2.75) is 17.6 Å². The zero-order valence-corrected chi connectivity index (χ0v) is 10.8. The highest BCUT2D eigenvalue weighted by Crippen LogP contribution is 2.04. The fourth-order valence-corrected chi connectivity index (χ4v) is 0.693. The van der Waals surface area contributed by atoms with Gasteiger partial charge in [0.05, 0.1) is 25.6 Å². The van der Waals surface area contributed by atoms with Crippen LogP contribution in [0.25, 0.3) is 0 Å². The minimum Gasteiger partial charge on any atom is -0.481 e. The van der Waals surface area contributed by atoms with E-state index in [0.29, 0.717) is 0 Å². The van der Waals surface area contributed by atoms with Crippen molar-refractivity contribution in [3.8, 4) is 0 Å². The SMILES string of the molecule is CCOC(=O)C(CO)CC(=O)O.ClC(Cl)Cl. The number of esters is 1. The Morgan fingerprint density at radius 3 is 2.00 bits per heavy atom. The summed E-state index contributed by atoms with van der Waals surface area (Å²) in [6, 6.07) is 0. The van der Waals surface area contributed by atoms with Crippen LogP contribution in [0, 0.1) is 5.92 Å². The molecule has 0 radical (unpaired) electrons. The van der Waals surface area contributed by atoms with Crippen LogP contribution in [0.5, 0.6) is 0 Å². The smallest absolute Gasteiger partial charge is 0.311 e. The molecule has 0 aliphatic heterocycles. The third-order valence-corrected chi connectivity index (χ3v) is 1.26. The molecule has 0 fully saturated rings. The highest BCUT2D eigenvalue weighted by Gasteiger charge is 2.21. The van der Waals surface area contributed by atoms with E-state index in [1.54, 1.807) is 6.92 Å². The minimum absolute atomic E-state index is 0.189. The van der Waals surface area contributed by atoms with Crippen molar-refractivity contribution in [1.82, 2.24) is 0 Å². The van der Waals surface area contributed by atoms with Crippen molar-refractivity contribution < 1.29 is 24.5 Å². The van der Waals surface area contributed by atoms with Crippen LogP contribution in [0.2, 0.25) is 0 Å². The van der Waals surface area contributed by atoms with Crippen LogP contribution >= 0.6 is 34.8 Å². The average Bonchev–Trinajstić information content (AvgIpc) is 2.13. The number of ether oxygens (including phenoxy) is 1.